The predicted octanol–water partition coefficient (Wildman–Crippen LogP) is 3.53. The van der Waals surface area contributed by atoms with Gasteiger partial charge in [-0.3, -0.25) is 14.4 Å². The number of anilines is 3. The van der Waals surface area contributed by atoms with E-state index >= 15 is 0 Å². The largest absolute Gasteiger partial charge is 0.376 e. The highest BCUT2D eigenvalue weighted by Crippen LogP contribution is 2.23. The number of benzene rings is 2. The molecule has 0 aliphatic carbocycles. The van der Waals surface area contributed by atoms with Crippen molar-refractivity contribution in [3.05, 3.63) is 53.6 Å². The first-order valence-electron chi connectivity index (χ1n) is 9.76. The van der Waals surface area contributed by atoms with Gasteiger partial charge in [-0.15, -0.1) is 0 Å². The quantitative estimate of drug-likeness (QED) is 0.521. The summed E-state index contributed by atoms with van der Waals surface area (Å²) in [4.78, 5) is 35.8. The third kappa shape index (κ3) is 6.64. The first kappa shape index (κ1) is 21.9. The Labute approximate surface area is 171 Å². The second-order valence-corrected chi connectivity index (χ2v) is 6.61. The lowest BCUT2D eigenvalue weighted by atomic mass is 10.1. The summed E-state index contributed by atoms with van der Waals surface area (Å²) in [5.74, 6) is -0.399. The van der Waals surface area contributed by atoms with E-state index in [2.05, 4.69) is 21.3 Å². The van der Waals surface area contributed by atoms with E-state index < -0.39 is 0 Å². The van der Waals surface area contributed by atoms with Crippen LogP contribution in [0.1, 0.15) is 42.6 Å². The normalized spacial score (nSPS) is 10.2. The van der Waals surface area contributed by atoms with Gasteiger partial charge in [-0.1, -0.05) is 19.9 Å². The van der Waals surface area contributed by atoms with Crippen LogP contribution in [-0.4, -0.2) is 30.8 Å². The molecule has 0 aliphatic heterocycles. The van der Waals surface area contributed by atoms with Crippen LogP contribution in [0, 0.1) is 6.92 Å². The summed E-state index contributed by atoms with van der Waals surface area (Å²) < 4.78 is 0. The van der Waals surface area contributed by atoms with Crippen LogP contribution in [0.15, 0.2) is 42.5 Å². The summed E-state index contributed by atoms with van der Waals surface area (Å²) in [6, 6.07) is 12.3. The maximum absolute atomic E-state index is 12.3. The summed E-state index contributed by atoms with van der Waals surface area (Å²) in [6.07, 6.45) is 1.27. The van der Waals surface area contributed by atoms with Crippen LogP contribution < -0.4 is 21.3 Å². The Morgan fingerprint density at radius 1 is 0.862 bits per heavy atom. The fourth-order valence-corrected chi connectivity index (χ4v) is 2.60. The van der Waals surface area contributed by atoms with Crippen LogP contribution >= 0.6 is 0 Å². The molecule has 0 aliphatic rings. The first-order valence-corrected chi connectivity index (χ1v) is 9.76. The molecule has 29 heavy (non-hydrogen) atoms. The molecule has 2 rings (SSSR count). The molecular weight excluding hydrogens is 368 g/mol. The lowest BCUT2D eigenvalue weighted by molar-refractivity contribution is -0.116. The first-order chi connectivity index (χ1) is 13.9. The average Bonchev–Trinajstić information content (AvgIpc) is 2.73. The Morgan fingerprint density at radius 3 is 2.07 bits per heavy atom. The van der Waals surface area contributed by atoms with Crippen molar-refractivity contribution in [3.63, 3.8) is 0 Å². The van der Waals surface area contributed by atoms with E-state index in [4.69, 9.17) is 0 Å². The number of hydrogen-bond donors (Lipinski definition) is 4. The van der Waals surface area contributed by atoms with E-state index in [1.165, 1.54) is 0 Å². The SMILES string of the molecule is CCCNC(=O)c1ccc(NCC(=O)Nc2cccc(NC(=O)CC)c2C)cc1. The van der Waals surface area contributed by atoms with Gasteiger partial charge in [0, 0.05) is 35.6 Å². The molecule has 0 spiro atoms. The molecule has 2 aromatic carbocycles. The monoisotopic (exact) mass is 396 g/mol. The molecule has 7 nitrogen and oxygen atoms in total. The Hall–Kier alpha value is -3.35. The number of hydrogen-bond acceptors (Lipinski definition) is 4. The van der Waals surface area contributed by atoms with Crippen molar-refractivity contribution >= 4 is 34.8 Å². The average molecular weight is 396 g/mol. The van der Waals surface area contributed by atoms with E-state index in [1.807, 2.05) is 13.8 Å². The van der Waals surface area contributed by atoms with Crippen LogP contribution in [0.2, 0.25) is 0 Å². The van der Waals surface area contributed by atoms with Gasteiger partial charge in [0.05, 0.1) is 6.54 Å². The van der Waals surface area contributed by atoms with E-state index in [-0.39, 0.29) is 24.3 Å². The standard InChI is InChI=1S/C22H28N4O3/c1-4-13-23-22(29)16-9-11-17(12-10-16)24-14-21(28)26-19-8-6-7-18(15(19)3)25-20(27)5-2/h6-12,24H,4-5,13-14H2,1-3H3,(H,23,29)(H,25,27)(H,26,28). The predicted molar refractivity (Wildman–Crippen MR) is 116 cm³/mol. The molecule has 7 heteroatoms. The number of carbonyl (C=O) groups excluding carboxylic acids is 3. The van der Waals surface area contributed by atoms with E-state index in [0.717, 1.165) is 17.7 Å². The van der Waals surface area contributed by atoms with Crippen molar-refractivity contribution in [1.82, 2.24) is 5.32 Å². The molecule has 0 saturated carbocycles. The van der Waals surface area contributed by atoms with Crippen LogP contribution in [0.25, 0.3) is 0 Å². The van der Waals surface area contributed by atoms with Crippen LogP contribution in [-0.2, 0) is 9.59 Å². The van der Waals surface area contributed by atoms with Crippen molar-refractivity contribution in [3.8, 4) is 0 Å². The van der Waals surface area contributed by atoms with Gasteiger partial charge in [0.15, 0.2) is 0 Å². The van der Waals surface area contributed by atoms with Gasteiger partial charge in [0.1, 0.15) is 0 Å². The molecule has 0 unspecified atom stereocenters. The topological polar surface area (TPSA) is 99.3 Å². The van der Waals surface area contributed by atoms with Gasteiger partial charge in [-0.2, -0.15) is 0 Å². The minimum absolute atomic E-state index is 0.0758. The molecule has 0 atom stereocenters. The fraction of sp³-hybridized carbons (Fsp3) is 0.318. The van der Waals surface area contributed by atoms with Crippen molar-refractivity contribution in [2.24, 2.45) is 0 Å². The second-order valence-electron chi connectivity index (χ2n) is 6.61. The smallest absolute Gasteiger partial charge is 0.251 e. The van der Waals surface area contributed by atoms with Gasteiger partial charge in [-0.05, 0) is 55.3 Å². The highest BCUT2D eigenvalue weighted by molar-refractivity contribution is 5.97. The van der Waals surface area contributed by atoms with E-state index in [9.17, 15) is 14.4 Å². The maximum Gasteiger partial charge on any atom is 0.251 e. The number of nitrogens with one attached hydrogen (secondary N) is 4. The number of rotatable bonds is 9. The Balaban J connectivity index is 1.91. The molecule has 2 aromatic rings. The Kier molecular flexibility index (Phi) is 8.21. The molecule has 154 valence electrons. The van der Waals surface area contributed by atoms with Crippen LogP contribution in [0.4, 0.5) is 17.1 Å². The van der Waals surface area contributed by atoms with Crippen LogP contribution in [0.5, 0.6) is 0 Å². The molecule has 0 heterocycles. The highest BCUT2D eigenvalue weighted by Gasteiger charge is 2.10. The van der Waals surface area contributed by atoms with Gasteiger partial charge >= 0.3 is 0 Å². The summed E-state index contributed by atoms with van der Waals surface area (Å²) in [5.41, 5.74) is 3.45. The third-order valence-electron chi connectivity index (χ3n) is 4.34. The highest BCUT2D eigenvalue weighted by atomic mass is 16.2. The van der Waals surface area contributed by atoms with Gasteiger partial charge in [0.2, 0.25) is 11.8 Å². The summed E-state index contributed by atoms with van der Waals surface area (Å²) in [7, 11) is 0. The fourth-order valence-electron chi connectivity index (χ4n) is 2.60. The molecule has 3 amide bonds. The van der Waals surface area contributed by atoms with E-state index in [0.29, 0.717) is 29.9 Å². The van der Waals surface area contributed by atoms with Gasteiger partial charge in [-0.25, -0.2) is 0 Å². The van der Waals surface area contributed by atoms with Crippen molar-refractivity contribution in [1.29, 1.82) is 0 Å². The molecule has 0 fully saturated rings. The minimum Gasteiger partial charge on any atom is -0.376 e. The zero-order valence-electron chi connectivity index (χ0n) is 17.1. The summed E-state index contributed by atoms with van der Waals surface area (Å²) in [6.45, 7) is 6.34. The maximum atomic E-state index is 12.3. The Morgan fingerprint density at radius 2 is 1.48 bits per heavy atom. The van der Waals surface area contributed by atoms with Crippen molar-refractivity contribution in [2.75, 3.05) is 29.0 Å². The minimum atomic E-state index is -0.211. The molecule has 4 N–H and O–H groups in total. The molecule has 0 bridgehead atoms. The van der Waals surface area contributed by atoms with Gasteiger partial charge in [0.25, 0.3) is 5.91 Å². The third-order valence-corrected chi connectivity index (χ3v) is 4.34. The summed E-state index contributed by atoms with van der Waals surface area (Å²) >= 11 is 0. The number of carbonyl (C=O) groups is 3. The second kappa shape index (κ2) is 10.8. The summed E-state index contributed by atoms with van der Waals surface area (Å²) in [5, 5.41) is 11.5. The lowest BCUT2D eigenvalue weighted by Gasteiger charge is -2.14. The van der Waals surface area contributed by atoms with Crippen molar-refractivity contribution in [2.45, 2.75) is 33.6 Å². The molecule has 0 saturated heterocycles. The van der Waals surface area contributed by atoms with E-state index in [1.54, 1.807) is 49.4 Å². The van der Waals surface area contributed by atoms with Crippen molar-refractivity contribution < 1.29 is 14.4 Å². The molecular formula is C22H28N4O3. The van der Waals surface area contributed by atoms with Crippen LogP contribution in [0.3, 0.4) is 0 Å². The number of amides is 3. The zero-order valence-corrected chi connectivity index (χ0v) is 17.1. The molecule has 0 aromatic heterocycles. The lowest BCUT2D eigenvalue weighted by Crippen LogP contribution is -2.24. The zero-order chi connectivity index (χ0) is 21.2. The van der Waals surface area contributed by atoms with Gasteiger partial charge < -0.3 is 21.3 Å². The molecule has 0 radical (unpaired) electrons. The Bertz CT molecular complexity index is 863.